The van der Waals surface area contributed by atoms with E-state index in [-0.39, 0.29) is 11.9 Å². The molecule has 1 unspecified atom stereocenters. The highest BCUT2D eigenvalue weighted by Gasteiger charge is 2.29. The van der Waals surface area contributed by atoms with Crippen molar-refractivity contribution in [3.05, 3.63) is 36.3 Å². The molecule has 2 aromatic rings. The number of nitrogens with zero attached hydrogens (tertiary/aromatic N) is 5. The Bertz CT molecular complexity index is 601. The molecule has 0 saturated carbocycles. The van der Waals surface area contributed by atoms with Gasteiger partial charge in [-0.15, -0.1) is 16.9 Å². The lowest BCUT2D eigenvalue weighted by Crippen LogP contribution is -2.29. The molecule has 7 heteroatoms. The molecule has 0 bridgehead atoms. The van der Waals surface area contributed by atoms with Crippen LogP contribution in [0.25, 0.3) is 0 Å². The van der Waals surface area contributed by atoms with Gasteiger partial charge in [-0.25, -0.2) is 9.67 Å². The first kappa shape index (κ1) is 13.1. The first-order valence-electron chi connectivity index (χ1n) is 6.43. The summed E-state index contributed by atoms with van der Waals surface area (Å²) in [4.78, 5) is 18.7. The van der Waals surface area contributed by atoms with Gasteiger partial charge in [-0.3, -0.25) is 4.79 Å². The molecule has 2 aromatic heterocycles. The molecule has 0 aromatic carbocycles. The predicted octanol–water partition coefficient (Wildman–Crippen LogP) is 1.48. The van der Waals surface area contributed by atoms with E-state index >= 15 is 0 Å². The van der Waals surface area contributed by atoms with Crippen LogP contribution in [0.2, 0.25) is 0 Å². The number of carbonyl (C=O) groups excluding carboxylic acids is 1. The molecule has 0 spiro atoms. The maximum Gasteiger partial charge on any atom is 0.256 e. The van der Waals surface area contributed by atoms with Crippen molar-refractivity contribution >= 4 is 17.7 Å². The zero-order valence-corrected chi connectivity index (χ0v) is 12.0. The second-order valence-electron chi connectivity index (χ2n) is 4.64. The van der Waals surface area contributed by atoms with Gasteiger partial charge in [-0.2, -0.15) is 0 Å². The Balaban J connectivity index is 1.76. The van der Waals surface area contributed by atoms with Crippen molar-refractivity contribution in [2.24, 2.45) is 0 Å². The van der Waals surface area contributed by atoms with Crippen LogP contribution in [0.15, 0.2) is 35.7 Å². The Morgan fingerprint density at radius 2 is 2.35 bits per heavy atom. The van der Waals surface area contributed by atoms with Gasteiger partial charge in [-0.1, -0.05) is 5.21 Å². The molecule has 104 valence electrons. The fraction of sp³-hybridized carbons (Fsp3) is 0.385. The summed E-state index contributed by atoms with van der Waals surface area (Å²) in [6.45, 7) is 1.41. The SMILES string of the molecule is CSc1ncccc1C(=O)N1CCC(n2ccnn2)C1. The fourth-order valence-electron chi connectivity index (χ4n) is 2.44. The third kappa shape index (κ3) is 2.40. The van der Waals surface area contributed by atoms with Gasteiger partial charge < -0.3 is 4.90 Å². The molecule has 1 aliphatic rings. The predicted molar refractivity (Wildman–Crippen MR) is 75.6 cm³/mol. The Kier molecular flexibility index (Phi) is 3.68. The monoisotopic (exact) mass is 289 g/mol. The average Bonchev–Trinajstić information content (AvgIpc) is 3.16. The van der Waals surface area contributed by atoms with Gasteiger partial charge in [0.15, 0.2) is 0 Å². The lowest BCUT2D eigenvalue weighted by Gasteiger charge is -2.17. The van der Waals surface area contributed by atoms with E-state index in [9.17, 15) is 4.79 Å². The Morgan fingerprint density at radius 3 is 3.10 bits per heavy atom. The van der Waals surface area contributed by atoms with Crippen LogP contribution in [0.1, 0.15) is 22.8 Å². The van der Waals surface area contributed by atoms with Crippen LogP contribution < -0.4 is 0 Å². The van der Waals surface area contributed by atoms with Crippen LogP contribution in [0, 0.1) is 0 Å². The first-order valence-corrected chi connectivity index (χ1v) is 7.66. The number of pyridine rings is 1. The zero-order valence-electron chi connectivity index (χ0n) is 11.1. The number of hydrogen-bond donors (Lipinski definition) is 0. The number of likely N-dealkylation sites (tertiary alicyclic amines) is 1. The highest BCUT2D eigenvalue weighted by atomic mass is 32.2. The van der Waals surface area contributed by atoms with Crippen molar-refractivity contribution in [2.75, 3.05) is 19.3 Å². The van der Waals surface area contributed by atoms with Gasteiger partial charge in [0.2, 0.25) is 0 Å². The van der Waals surface area contributed by atoms with Gasteiger partial charge in [0, 0.05) is 25.5 Å². The van der Waals surface area contributed by atoms with Gasteiger partial charge in [-0.05, 0) is 24.8 Å². The fourth-order valence-corrected chi connectivity index (χ4v) is 2.98. The largest absolute Gasteiger partial charge is 0.336 e. The summed E-state index contributed by atoms with van der Waals surface area (Å²) in [6.07, 6.45) is 8.06. The number of amides is 1. The van der Waals surface area contributed by atoms with E-state index in [1.807, 2.05) is 28.1 Å². The van der Waals surface area contributed by atoms with E-state index in [1.165, 1.54) is 11.8 Å². The van der Waals surface area contributed by atoms with Crippen molar-refractivity contribution in [2.45, 2.75) is 17.5 Å². The summed E-state index contributed by atoms with van der Waals surface area (Å²) in [5, 5.41) is 8.61. The van der Waals surface area contributed by atoms with E-state index in [1.54, 1.807) is 18.5 Å². The highest BCUT2D eigenvalue weighted by molar-refractivity contribution is 7.98. The third-order valence-electron chi connectivity index (χ3n) is 3.46. The minimum absolute atomic E-state index is 0.0464. The molecule has 6 nitrogen and oxygen atoms in total. The number of carbonyl (C=O) groups is 1. The van der Waals surface area contributed by atoms with Crippen LogP contribution in [0.4, 0.5) is 0 Å². The summed E-state index contributed by atoms with van der Waals surface area (Å²) < 4.78 is 1.83. The standard InChI is InChI=1S/C13H15N5OS/c1-20-12-11(3-2-5-14-12)13(19)17-7-4-10(9-17)18-8-6-15-16-18/h2-3,5-6,8,10H,4,7,9H2,1H3. The molecule has 1 atom stereocenters. The maximum atomic E-state index is 12.6. The number of hydrogen-bond acceptors (Lipinski definition) is 5. The van der Waals surface area contributed by atoms with Crippen LogP contribution >= 0.6 is 11.8 Å². The van der Waals surface area contributed by atoms with Crippen molar-refractivity contribution in [1.29, 1.82) is 0 Å². The molecule has 1 amide bonds. The van der Waals surface area contributed by atoms with Gasteiger partial charge in [0.05, 0.1) is 17.8 Å². The van der Waals surface area contributed by atoms with Crippen LogP contribution in [0.3, 0.4) is 0 Å². The smallest absolute Gasteiger partial charge is 0.256 e. The van der Waals surface area contributed by atoms with Crippen LogP contribution in [0.5, 0.6) is 0 Å². The minimum atomic E-state index is 0.0464. The molecular weight excluding hydrogens is 274 g/mol. The normalized spacial score (nSPS) is 18.4. The summed E-state index contributed by atoms with van der Waals surface area (Å²) in [5.74, 6) is 0.0464. The third-order valence-corrected chi connectivity index (χ3v) is 4.17. The molecule has 0 aliphatic carbocycles. The van der Waals surface area contributed by atoms with E-state index in [4.69, 9.17) is 0 Å². The van der Waals surface area contributed by atoms with Gasteiger partial charge in [0.1, 0.15) is 5.03 Å². The van der Waals surface area contributed by atoms with Crippen molar-refractivity contribution in [1.82, 2.24) is 24.9 Å². The quantitative estimate of drug-likeness (QED) is 0.801. The molecular formula is C13H15N5OS. The van der Waals surface area contributed by atoms with E-state index in [0.717, 1.165) is 18.0 Å². The van der Waals surface area contributed by atoms with E-state index in [2.05, 4.69) is 15.3 Å². The summed E-state index contributed by atoms with van der Waals surface area (Å²) in [6, 6.07) is 3.86. The highest BCUT2D eigenvalue weighted by Crippen LogP contribution is 2.24. The molecule has 1 saturated heterocycles. The molecule has 3 rings (SSSR count). The molecule has 0 N–H and O–H groups in total. The van der Waals surface area contributed by atoms with E-state index in [0.29, 0.717) is 12.1 Å². The summed E-state index contributed by atoms with van der Waals surface area (Å²) >= 11 is 1.49. The Morgan fingerprint density at radius 1 is 1.45 bits per heavy atom. The van der Waals surface area contributed by atoms with Crippen molar-refractivity contribution < 1.29 is 4.79 Å². The van der Waals surface area contributed by atoms with Crippen molar-refractivity contribution in [3.63, 3.8) is 0 Å². The number of aromatic nitrogens is 4. The van der Waals surface area contributed by atoms with Crippen LogP contribution in [-0.2, 0) is 0 Å². The van der Waals surface area contributed by atoms with Gasteiger partial charge >= 0.3 is 0 Å². The average molecular weight is 289 g/mol. The summed E-state index contributed by atoms with van der Waals surface area (Å²) in [7, 11) is 0. The minimum Gasteiger partial charge on any atom is -0.336 e. The molecule has 1 fully saturated rings. The lowest BCUT2D eigenvalue weighted by molar-refractivity contribution is 0.0782. The Labute approximate surface area is 121 Å². The topological polar surface area (TPSA) is 63.9 Å². The second-order valence-corrected chi connectivity index (χ2v) is 5.43. The number of rotatable bonds is 3. The Hall–Kier alpha value is -1.89. The zero-order chi connectivity index (χ0) is 13.9. The molecule has 20 heavy (non-hydrogen) atoms. The first-order chi connectivity index (χ1) is 9.79. The molecule has 1 aliphatic heterocycles. The van der Waals surface area contributed by atoms with Crippen molar-refractivity contribution in [3.8, 4) is 0 Å². The second kappa shape index (κ2) is 5.62. The summed E-state index contributed by atoms with van der Waals surface area (Å²) in [5.41, 5.74) is 0.680. The molecule has 0 radical (unpaired) electrons. The van der Waals surface area contributed by atoms with Crippen LogP contribution in [-0.4, -0.2) is 50.1 Å². The molecule has 3 heterocycles. The van der Waals surface area contributed by atoms with E-state index < -0.39 is 0 Å². The maximum absolute atomic E-state index is 12.6. The lowest BCUT2D eigenvalue weighted by atomic mass is 10.2. The van der Waals surface area contributed by atoms with Gasteiger partial charge in [0.25, 0.3) is 5.91 Å². The number of thioether (sulfide) groups is 1.